The minimum atomic E-state index is -0.444. The topological polar surface area (TPSA) is 38.7 Å². The fourth-order valence-electron chi connectivity index (χ4n) is 1.74. The largest absolute Gasteiger partial charge is 0.456 e. The molecule has 0 radical (unpaired) electrons. The Labute approximate surface area is 132 Å². The molecule has 0 aromatic heterocycles. The smallest absolute Gasteiger partial charge is 0.340 e. The lowest BCUT2D eigenvalue weighted by atomic mass is 9.96. The molecule has 0 aromatic carbocycles. The molecule has 0 saturated heterocycles. The molecule has 0 amide bonds. The van der Waals surface area contributed by atoms with Gasteiger partial charge in [0, 0.05) is 0 Å². The third-order valence-corrected chi connectivity index (χ3v) is 2.42. The molecule has 0 heterocycles. The summed E-state index contributed by atoms with van der Waals surface area (Å²) in [5.41, 5.74) is -0.444. The minimum Gasteiger partial charge on any atom is -0.456 e. The summed E-state index contributed by atoms with van der Waals surface area (Å²) < 4.78 is 5.11. The van der Waals surface area contributed by atoms with Crippen LogP contribution in [0.15, 0.2) is 11.1 Å². The molecule has 21 heavy (non-hydrogen) atoms. The summed E-state index contributed by atoms with van der Waals surface area (Å²) >= 11 is 0. The highest BCUT2D eigenvalue weighted by atomic mass is 16.6. The van der Waals surface area contributed by atoms with Crippen LogP contribution in [0.1, 0.15) is 88.0 Å². The Morgan fingerprint density at radius 3 is 2.00 bits per heavy atom. The molecule has 3 heteroatoms. The lowest BCUT2D eigenvalue weighted by Gasteiger charge is -2.17. The van der Waals surface area contributed by atoms with Crippen LogP contribution in [0.3, 0.4) is 0 Å². The number of esters is 1. The lowest BCUT2D eigenvalue weighted by Crippen LogP contribution is -2.22. The standard InChI is InChI=1S/C13H21NO2.2C2H6.CH4/c1-13(2,3)16-12(15)9-10-14-11-7-5-4-6-8-11;2*1-2;/h9,11H,4-8H2,1-3H3;2*1-2H3;1H4. The Morgan fingerprint density at radius 1 is 1.10 bits per heavy atom. The van der Waals surface area contributed by atoms with Gasteiger partial charge in [0.25, 0.3) is 0 Å². The van der Waals surface area contributed by atoms with Crippen molar-refractivity contribution in [3.05, 3.63) is 6.08 Å². The van der Waals surface area contributed by atoms with E-state index in [-0.39, 0.29) is 13.4 Å². The van der Waals surface area contributed by atoms with Crippen LogP contribution < -0.4 is 0 Å². The highest BCUT2D eigenvalue weighted by molar-refractivity contribution is 5.91. The molecule has 126 valence electrons. The van der Waals surface area contributed by atoms with E-state index < -0.39 is 5.60 Å². The molecule has 0 spiro atoms. The normalized spacial score (nSPS) is 13.9. The summed E-state index contributed by atoms with van der Waals surface area (Å²) in [5, 5.41) is 0. The number of aliphatic imine (C=N–C) groups is 1. The van der Waals surface area contributed by atoms with Crippen LogP contribution in [-0.2, 0) is 9.53 Å². The van der Waals surface area contributed by atoms with Gasteiger partial charge in [-0.25, -0.2) is 9.79 Å². The van der Waals surface area contributed by atoms with Crippen LogP contribution >= 0.6 is 0 Å². The monoisotopic (exact) mass is 299 g/mol. The van der Waals surface area contributed by atoms with Crippen LogP contribution in [0.25, 0.3) is 0 Å². The van der Waals surface area contributed by atoms with E-state index in [0.717, 1.165) is 12.8 Å². The van der Waals surface area contributed by atoms with Crippen molar-refractivity contribution in [2.24, 2.45) is 4.99 Å². The number of carbonyl (C=O) groups excluding carboxylic acids is 1. The van der Waals surface area contributed by atoms with Gasteiger partial charge in [-0.1, -0.05) is 54.4 Å². The molecular formula is C18H37NO2. The van der Waals surface area contributed by atoms with E-state index in [9.17, 15) is 4.79 Å². The average molecular weight is 299 g/mol. The van der Waals surface area contributed by atoms with Gasteiger partial charge < -0.3 is 4.74 Å². The summed E-state index contributed by atoms with van der Waals surface area (Å²) in [6, 6.07) is 0.354. The van der Waals surface area contributed by atoms with Gasteiger partial charge in [-0.15, -0.1) is 0 Å². The van der Waals surface area contributed by atoms with Crippen molar-refractivity contribution < 1.29 is 9.53 Å². The zero-order chi connectivity index (χ0) is 16.0. The zero-order valence-corrected chi connectivity index (χ0v) is 14.5. The molecule has 3 nitrogen and oxygen atoms in total. The Hall–Kier alpha value is -1.08. The molecule has 1 rings (SSSR count). The van der Waals surface area contributed by atoms with Crippen molar-refractivity contribution in [3.8, 4) is 0 Å². The van der Waals surface area contributed by atoms with Crippen LogP contribution in [0, 0.1) is 0 Å². The number of hydrogen-bond acceptors (Lipinski definition) is 3. The van der Waals surface area contributed by atoms with E-state index in [1.54, 1.807) is 0 Å². The number of rotatable bonds is 2. The quantitative estimate of drug-likeness (QED) is 0.379. The third kappa shape index (κ3) is 16.9. The predicted molar refractivity (Wildman–Crippen MR) is 94.2 cm³/mol. The molecular weight excluding hydrogens is 262 g/mol. The third-order valence-electron chi connectivity index (χ3n) is 2.42. The second-order valence-corrected chi connectivity index (χ2v) is 5.23. The van der Waals surface area contributed by atoms with E-state index in [0.29, 0.717) is 6.04 Å². The fourth-order valence-corrected chi connectivity index (χ4v) is 1.74. The summed E-state index contributed by atoms with van der Waals surface area (Å²) in [5.74, 6) is 2.33. The van der Waals surface area contributed by atoms with Gasteiger partial charge in [-0.05, 0) is 39.5 Å². The van der Waals surface area contributed by atoms with E-state index in [4.69, 9.17) is 4.74 Å². The maximum atomic E-state index is 11.3. The molecule has 0 atom stereocenters. The Balaban J connectivity index is -0.000000595. The first-order valence-electron chi connectivity index (χ1n) is 7.99. The molecule has 0 unspecified atom stereocenters. The van der Waals surface area contributed by atoms with Crippen molar-refractivity contribution in [1.29, 1.82) is 0 Å². The van der Waals surface area contributed by atoms with Gasteiger partial charge in [0.05, 0.1) is 12.1 Å². The van der Waals surface area contributed by atoms with Crippen LogP contribution in [0.2, 0.25) is 0 Å². The SMILES string of the molecule is C.CC.CC.CC(C)(C)OC(=O)C=C=NC1CCCCC1. The summed E-state index contributed by atoms with van der Waals surface area (Å²) in [6.07, 6.45) is 7.32. The highest BCUT2D eigenvalue weighted by Gasteiger charge is 2.14. The summed E-state index contributed by atoms with van der Waals surface area (Å²) in [7, 11) is 0. The number of nitrogens with zero attached hydrogens (tertiary/aromatic N) is 1. The average Bonchev–Trinajstić information content (AvgIpc) is 2.42. The van der Waals surface area contributed by atoms with E-state index >= 15 is 0 Å². The maximum Gasteiger partial charge on any atom is 0.340 e. The Kier molecular flexibility index (Phi) is 18.2. The van der Waals surface area contributed by atoms with Crippen molar-refractivity contribution in [2.45, 2.75) is 99.6 Å². The van der Waals surface area contributed by atoms with Gasteiger partial charge >= 0.3 is 5.97 Å². The Morgan fingerprint density at radius 2 is 1.57 bits per heavy atom. The van der Waals surface area contributed by atoms with Crippen molar-refractivity contribution in [3.63, 3.8) is 0 Å². The maximum absolute atomic E-state index is 11.3. The van der Waals surface area contributed by atoms with Crippen molar-refractivity contribution in [2.75, 3.05) is 0 Å². The number of ether oxygens (including phenoxy) is 1. The predicted octanol–water partition coefficient (Wildman–Crippen LogP) is 5.58. The molecule has 0 aromatic rings. The first-order valence-corrected chi connectivity index (χ1v) is 7.99. The van der Waals surface area contributed by atoms with Crippen LogP contribution in [0.4, 0.5) is 0 Å². The van der Waals surface area contributed by atoms with E-state index in [1.165, 1.54) is 25.3 Å². The fraction of sp³-hybridized carbons (Fsp3) is 0.833. The number of carbonyl (C=O) groups is 1. The van der Waals surface area contributed by atoms with Crippen molar-refractivity contribution >= 4 is 11.8 Å². The van der Waals surface area contributed by atoms with Gasteiger partial charge in [0.15, 0.2) is 0 Å². The molecule has 0 bridgehead atoms. The molecule has 1 aliphatic carbocycles. The van der Waals surface area contributed by atoms with Gasteiger partial charge in [-0.3, -0.25) is 0 Å². The second kappa shape index (κ2) is 15.3. The first kappa shape index (κ1) is 24.9. The molecule has 1 aliphatic rings. The Bertz CT molecular complexity index is 291. The van der Waals surface area contributed by atoms with Gasteiger partial charge in [-0.2, -0.15) is 0 Å². The lowest BCUT2D eigenvalue weighted by molar-refractivity contribution is -0.148. The van der Waals surface area contributed by atoms with Gasteiger partial charge in [0.2, 0.25) is 0 Å². The van der Waals surface area contributed by atoms with Crippen molar-refractivity contribution in [1.82, 2.24) is 0 Å². The van der Waals surface area contributed by atoms with E-state index in [1.807, 2.05) is 48.5 Å². The second-order valence-electron chi connectivity index (χ2n) is 5.23. The zero-order valence-electron chi connectivity index (χ0n) is 14.5. The first-order chi connectivity index (χ1) is 9.47. The highest BCUT2D eigenvalue weighted by Crippen LogP contribution is 2.19. The summed E-state index contributed by atoms with van der Waals surface area (Å²) in [6.45, 7) is 13.5. The van der Waals surface area contributed by atoms with Crippen LogP contribution in [-0.4, -0.2) is 23.5 Å². The van der Waals surface area contributed by atoms with Crippen LogP contribution in [0.5, 0.6) is 0 Å². The van der Waals surface area contributed by atoms with Gasteiger partial charge in [0.1, 0.15) is 5.60 Å². The number of hydrogen-bond donors (Lipinski definition) is 0. The van der Waals surface area contributed by atoms with E-state index in [2.05, 4.69) is 10.9 Å². The molecule has 1 fully saturated rings. The molecule has 1 saturated carbocycles. The minimum absolute atomic E-state index is 0. The molecule has 0 aliphatic heterocycles. The molecule has 0 N–H and O–H groups in total. The summed E-state index contributed by atoms with van der Waals surface area (Å²) in [4.78, 5) is 15.5.